The van der Waals surface area contributed by atoms with Crippen molar-refractivity contribution in [3.8, 4) is 0 Å². The van der Waals surface area contributed by atoms with E-state index in [1.807, 2.05) is 21.9 Å². The number of carbonyl (C=O) groups is 2. The number of pyridine rings is 1. The summed E-state index contributed by atoms with van der Waals surface area (Å²) in [5.74, 6) is 0.407. The molecular formula is C19H22N4O3. The van der Waals surface area contributed by atoms with Crippen LogP contribution in [0, 0.1) is 5.41 Å². The van der Waals surface area contributed by atoms with Crippen molar-refractivity contribution < 1.29 is 14.1 Å². The molecule has 2 aliphatic rings. The fourth-order valence-corrected chi connectivity index (χ4v) is 4.03. The maximum absolute atomic E-state index is 12.4. The minimum Gasteiger partial charge on any atom is -0.351 e. The Morgan fingerprint density at radius 1 is 1.12 bits per heavy atom. The van der Waals surface area contributed by atoms with E-state index in [0.717, 1.165) is 31.4 Å². The lowest BCUT2D eigenvalue weighted by Gasteiger charge is -2.47. The molecule has 2 aliphatic heterocycles. The highest BCUT2D eigenvalue weighted by Crippen LogP contribution is 2.40. The molecule has 0 bridgehead atoms. The molecule has 0 atom stereocenters. The molecule has 2 aromatic heterocycles. The Hall–Kier alpha value is -2.70. The maximum atomic E-state index is 12.4. The van der Waals surface area contributed by atoms with Crippen molar-refractivity contribution in [2.24, 2.45) is 5.41 Å². The van der Waals surface area contributed by atoms with Gasteiger partial charge in [-0.15, -0.1) is 0 Å². The number of aromatic nitrogens is 2. The van der Waals surface area contributed by atoms with E-state index in [4.69, 9.17) is 4.52 Å². The lowest BCUT2D eigenvalue weighted by molar-refractivity contribution is -0.139. The fraction of sp³-hybridized carbons (Fsp3) is 0.474. The molecule has 0 unspecified atom stereocenters. The number of hydrogen-bond donors (Lipinski definition) is 0. The Morgan fingerprint density at radius 2 is 1.88 bits per heavy atom. The maximum Gasteiger partial charge on any atom is 0.292 e. The van der Waals surface area contributed by atoms with Gasteiger partial charge in [0.25, 0.3) is 5.91 Å². The zero-order valence-electron chi connectivity index (χ0n) is 14.6. The van der Waals surface area contributed by atoms with Crippen LogP contribution < -0.4 is 0 Å². The third-order valence-corrected chi connectivity index (χ3v) is 5.63. The molecule has 0 aromatic carbocycles. The minimum absolute atomic E-state index is 0.0992. The van der Waals surface area contributed by atoms with E-state index in [0.29, 0.717) is 31.8 Å². The summed E-state index contributed by atoms with van der Waals surface area (Å²) in [4.78, 5) is 32.6. The standard InChI is InChI=1S/C19H22N4O3/c24-17-1-5-19(14-23(17)13-15-2-8-20-9-3-15)6-11-22(12-7-19)18(25)16-4-10-21-26-16/h2-4,8-10H,1,5-7,11-14H2. The van der Waals surface area contributed by atoms with Crippen molar-refractivity contribution in [1.29, 1.82) is 0 Å². The first-order valence-corrected chi connectivity index (χ1v) is 9.02. The fourth-order valence-electron chi connectivity index (χ4n) is 4.03. The quantitative estimate of drug-likeness (QED) is 0.843. The molecule has 7 nitrogen and oxygen atoms in total. The van der Waals surface area contributed by atoms with E-state index >= 15 is 0 Å². The van der Waals surface area contributed by atoms with Gasteiger partial charge in [0, 0.05) is 51.1 Å². The summed E-state index contributed by atoms with van der Waals surface area (Å²) >= 11 is 0. The molecule has 136 valence electrons. The van der Waals surface area contributed by atoms with Crippen LogP contribution in [0.4, 0.5) is 0 Å². The SMILES string of the molecule is O=C1CCC2(CCN(C(=O)c3ccno3)CC2)CN1Cc1ccncc1. The lowest BCUT2D eigenvalue weighted by atomic mass is 9.72. The summed E-state index contributed by atoms with van der Waals surface area (Å²) in [6.45, 7) is 2.77. The molecule has 0 radical (unpaired) electrons. The van der Waals surface area contributed by atoms with Crippen LogP contribution in [0.5, 0.6) is 0 Å². The van der Waals surface area contributed by atoms with Crippen LogP contribution in [-0.4, -0.2) is 51.4 Å². The Kier molecular flexibility index (Phi) is 4.44. The second-order valence-electron chi connectivity index (χ2n) is 7.27. The number of likely N-dealkylation sites (tertiary alicyclic amines) is 2. The van der Waals surface area contributed by atoms with Gasteiger partial charge in [0.2, 0.25) is 11.7 Å². The van der Waals surface area contributed by atoms with Gasteiger partial charge in [-0.3, -0.25) is 14.6 Å². The molecule has 1 spiro atoms. The van der Waals surface area contributed by atoms with E-state index in [1.54, 1.807) is 18.5 Å². The smallest absolute Gasteiger partial charge is 0.292 e. The zero-order valence-corrected chi connectivity index (χ0v) is 14.6. The van der Waals surface area contributed by atoms with E-state index < -0.39 is 0 Å². The average molecular weight is 354 g/mol. The van der Waals surface area contributed by atoms with Crippen molar-refractivity contribution >= 4 is 11.8 Å². The predicted octanol–water partition coefficient (Wildman–Crippen LogP) is 2.11. The molecule has 7 heteroatoms. The third kappa shape index (κ3) is 3.34. The first-order chi connectivity index (χ1) is 12.7. The number of piperidine rings is 2. The van der Waals surface area contributed by atoms with E-state index in [2.05, 4.69) is 10.1 Å². The van der Waals surface area contributed by atoms with Crippen molar-refractivity contribution in [3.05, 3.63) is 48.1 Å². The monoisotopic (exact) mass is 354 g/mol. The van der Waals surface area contributed by atoms with E-state index in [-0.39, 0.29) is 17.2 Å². The normalized spacial score (nSPS) is 19.8. The lowest BCUT2D eigenvalue weighted by Crippen LogP contribution is -2.52. The number of nitrogens with zero attached hydrogens (tertiary/aromatic N) is 4. The van der Waals surface area contributed by atoms with Crippen LogP contribution in [0.2, 0.25) is 0 Å². The number of hydrogen-bond acceptors (Lipinski definition) is 5. The van der Waals surface area contributed by atoms with Crippen LogP contribution >= 0.6 is 0 Å². The summed E-state index contributed by atoms with van der Waals surface area (Å²) in [5, 5.41) is 3.61. The van der Waals surface area contributed by atoms with Gasteiger partial charge in [0.05, 0.1) is 6.20 Å². The molecule has 2 fully saturated rings. The topological polar surface area (TPSA) is 79.5 Å². The van der Waals surface area contributed by atoms with Crippen molar-refractivity contribution in [3.63, 3.8) is 0 Å². The van der Waals surface area contributed by atoms with Crippen LogP contribution in [0.1, 0.15) is 41.8 Å². The minimum atomic E-state index is -0.0992. The van der Waals surface area contributed by atoms with Crippen molar-refractivity contribution in [2.45, 2.75) is 32.2 Å². The molecule has 2 aromatic rings. The van der Waals surface area contributed by atoms with E-state index in [1.165, 1.54) is 6.20 Å². The Bertz CT molecular complexity index is 767. The van der Waals surface area contributed by atoms with Gasteiger partial charge < -0.3 is 14.3 Å². The largest absolute Gasteiger partial charge is 0.351 e. The van der Waals surface area contributed by atoms with Crippen LogP contribution in [-0.2, 0) is 11.3 Å². The average Bonchev–Trinajstić information content (AvgIpc) is 3.21. The highest BCUT2D eigenvalue weighted by Gasteiger charge is 2.42. The van der Waals surface area contributed by atoms with Crippen molar-refractivity contribution in [1.82, 2.24) is 19.9 Å². The molecule has 2 amide bonds. The summed E-state index contributed by atoms with van der Waals surface area (Å²) in [5.41, 5.74) is 1.21. The highest BCUT2D eigenvalue weighted by molar-refractivity contribution is 5.91. The molecule has 26 heavy (non-hydrogen) atoms. The van der Waals surface area contributed by atoms with Gasteiger partial charge in [-0.05, 0) is 42.4 Å². The second-order valence-corrected chi connectivity index (χ2v) is 7.27. The zero-order chi connectivity index (χ0) is 18.0. The molecule has 4 rings (SSSR count). The van der Waals surface area contributed by atoms with Crippen LogP contribution in [0.3, 0.4) is 0 Å². The summed E-state index contributed by atoms with van der Waals surface area (Å²) < 4.78 is 4.98. The Balaban J connectivity index is 1.40. The summed E-state index contributed by atoms with van der Waals surface area (Å²) in [6, 6.07) is 5.50. The molecule has 0 saturated carbocycles. The van der Waals surface area contributed by atoms with Crippen molar-refractivity contribution in [2.75, 3.05) is 19.6 Å². The van der Waals surface area contributed by atoms with Crippen LogP contribution in [0.15, 0.2) is 41.3 Å². The predicted molar refractivity (Wildman–Crippen MR) is 93.0 cm³/mol. The van der Waals surface area contributed by atoms with Gasteiger partial charge in [0.15, 0.2) is 0 Å². The number of rotatable bonds is 3. The van der Waals surface area contributed by atoms with Gasteiger partial charge >= 0.3 is 0 Å². The Morgan fingerprint density at radius 3 is 2.58 bits per heavy atom. The Labute approximate surface area is 152 Å². The molecule has 4 heterocycles. The highest BCUT2D eigenvalue weighted by atomic mass is 16.5. The molecule has 0 N–H and O–H groups in total. The third-order valence-electron chi connectivity index (χ3n) is 5.63. The summed E-state index contributed by atoms with van der Waals surface area (Å²) in [7, 11) is 0. The molecule has 2 saturated heterocycles. The number of amides is 2. The first-order valence-electron chi connectivity index (χ1n) is 9.02. The van der Waals surface area contributed by atoms with Gasteiger partial charge in [-0.1, -0.05) is 5.16 Å². The van der Waals surface area contributed by atoms with Gasteiger partial charge in [-0.2, -0.15) is 0 Å². The summed E-state index contributed by atoms with van der Waals surface area (Å²) in [6.07, 6.45) is 8.31. The first kappa shape index (κ1) is 16.8. The van der Waals surface area contributed by atoms with Gasteiger partial charge in [-0.25, -0.2) is 0 Å². The molecular weight excluding hydrogens is 332 g/mol. The van der Waals surface area contributed by atoms with E-state index in [9.17, 15) is 9.59 Å². The molecule has 0 aliphatic carbocycles. The second kappa shape index (κ2) is 6.90. The van der Waals surface area contributed by atoms with Crippen LogP contribution in [0.25, 0.3) is 0 Å². The number of carbonyl (C=O) groups excluding carboxylic acids is 2. The van der Waals surface area contributed by atoms with Gasteiger partial charge in [0.1, 0.15) is 0 Å².